The minimum absolute atomic E-state index is 0.0200. The first kappa shape index (κ1) is 12.0. The number of ether oxygens (including phenoxy) is 1. The Balaban J connectivity index is 1.97. The van der Waals surface area contributed by atoms with Gasteiger partial charge in [-0.25, -0.2) is 0 Å². The van der Waals surface area contributed by atoms with E-state index in [2.05, 4.69) is 0 Å². The molecule has 0 amide bonds. The normalized spacial score (nSPS) is 31.1. The lowest BCUT2D eigenvalue weighted by Gasteiger charge is -2.24. The molecule has 3 atom stereocenters. The van der Waals surface area contributed by atoms with Crippen LogP contribution in [0.4, 0.5) is 0 Å². The molecule has 0 bridgehead atoms. The van der Waals surface area contributed by atoms with Gasteiger partial charge in [-0.05, 0) is 20.8 Å². The lowest BCUT2D eigenvalue weighted by Crippen LogP contribution is -2.30. The van der Waals surface area contributed by atoms with E-state index in [9.17, 15) is 14.4 Å². The van der Waals surface area contributed by atoms with E-state index in [1.165, 1.54) is 0 Å². The molecule has 17 heavy (non-hydrogen) atoms. The molecule has 2 aliphatic rings. The van der Waals surface area contributed by atoms with Gasteiger partial charge in [-0.15, -0.1) is 0 Å². The lowest BCUT2D eigenvalue weighted by molar-refractivity contribution is -0.155. The number of esters is 1. The van der Waals surface area contributed by atoms with Crippen LogP contribution in [0.15, 0.2) is 12.2 Å². The van der Waals surface area contributed by atoms with E-state index in [1.54, 1.807) is 26.8 Å². The number of carbonyl (C=O) groups is 3. The Labute approximate surface area is 100 Å². The number of rotatable bonds is 2. The minimum Gasteiger partial charge on any atom is -0.464 e. The zero-order valence-electron chi connectivity index (χ0n) is 10.2. The highest BCUT2D eigenvalue weighted by molar-refractivity contribution is 6.42. The van der Waals surface area contributed by atoms with Crippen molar-refractivity contribution < 1.29 is 19.1 Å². The highest BCUT2D eigenvalue weighted by Crippen LogP contribution is 2.40. The summed E-state index contributed by atoms with van der Waals surface area (Å²) in [6, 6.07) is 0. The van der Waals surface area contributed by atoms with Crippen molar-refractivity contribution in [2.75, 3.05) is 6.61 Å². The molecule has 2 aliphatic carbocycles. The van der Waals surface area contributed by atoms with E-state index < -0.39 is 17.1 Å². The minimum atomic E-state index is -0.583. The molecule has 4 nitrogen and oxygen atoms in total. The topological polar surface area (TPSA) is 60.4 Å². The molecule has 0 N–H and O–H groups in total. The van der Waals surface area contributed by atoms with Gasteiger partial charge in [0, 0.05) is 5.92 Å². The molecule has 0 aromatic carbocycles. The Hall–Kier alpha value is -1.45. The van der Waals surface area contributed by atoms with Crippen molar-refractivity contribution in [2.24, 2.45) is 23.2 Å². The summed E-state index contributed by atoms with van der Waals surface area (Å²) in [5.41, 5.74) is -0.583. The summed E-state index contributed by atoms with van der Waals surface area (Å²) in [5, 5.41) is 0. The number of fused-ring (bicyclic) bond motifs is 1. The molecule has 0 unspecified atom stereocenters. The van der Waals surface area contributed by atoms with E-state index in [-0.39, 0.29) is 30.2 Å². The predicted molar refractivity (Wildman–Crippen MR) is 60.0 cm³/mol. The summed E-state index contributed by atoms with van der Waals surface area (Å²) < 4.78 is 5.12. The monoisotopic (exact) mass is 236 g/mol. The van der Waals surface area contributed by atoms with Gasteiger partial charge in [-0.3, -0.25) is 14.4 Å². The van der Waals surface area contributed by atoms with Gasteiger partial charge < -0.3 is 4.74 Å². The van der Waals surface area contributed by atoms with Crippen LogP contribution in [0.25, 0.3) is 0 Å². The van der Waals surface area contributed by atoms with Crippen molar-refractivity contribution in [2.45, 2.75) is 20.8 Å². The first-order valence-electron chi connectivity index (χ1n) is 5.76. The second-order valence-electron chi connectivity index (χ2n) is 5.67. The molecule has 0 aliphatic heterocycles. The Morgan fingerprint density at radius 1 is 1.24 bits per heavy atom. The zero-order chi connectivity index (χ0) is 12.8. The van der Waals surface area contributed by atoms with Gasteiger partial charge in [0.05, 0.1) is 17.3 Å². The van der Waals surface area contributed by atoms with E-state index >= 15 is 0 Å². The molecule has 1 fully saturated rings. The predicted octanol–water partition coefficient (Wildman–Crippen LogP) is 1.15. The second-order valence-corrected chi connectivity index (χ2v) is 5.67. The van der Waals surface area contributed by atoms with Crippen molar-refractivity contribution in [3.63, 3.8) is 0 Å². The third-order valence-electron chi connectivity index (χ3n) is 3.31. The zero-order valence-corrected chi connectivity index (χ0v) is 10.2. The Bertz CT molecular complexity index is 414. The Morgan fingerprint density at radius 3 is 2.29 bits per heavy atom. The number of Topliss-reactive ketones (excluding diaryl/α,β-unsaturated/α-hetero) is 2. The number of carbonyl (C=O) groups excluding carboxylic acids is 3. The summed E-state index contributed by atoms with van der Waals surface area (Å²) in [6.45, 7) is 5.28. The maximum atomic E-state index is 11.6. The Kier molecular flexibility index (Phi) is 2.68. The highest BCUT2D eigenvalue weighted by Gasteiger charge is 2.51. The number of ketones is 2. The Morgan fingerprint density at radius 2 is 1.88 bits per heavy atom. The fourth-order valence-electron chi connectivity index (χ4n) is 2.09. The van der Waals surface area contributed by atoms with Crippen molar-refractivity contribution in [1.82, 2.24) is 0 Å². The standard InChI is InChI=1S/C13H16O4/c1-13(2,3)12(16)17-6-9-7-4-5-8(7)10(14)11(9)15/h4-5,7-9H,6H2,1-3H3/t7-,8+,9-/m1/s1. The quantitative estimate of drug-likeness (QED) is 0.410. The SMILES string of the molecule is CC(C)(C)C(=O)OC[C@H]1C(=O)C(=O)[C@H]2C=C[C@H]21. The average Bonchev–Trinajstić information content (AvgIpc) is 2.32. The van der Waals surface area contributed by atoms with Crippen LogP contribution in [-0.4, -0.2) is 24.1 Å². The van der Waals surface area contributed by atoms with Crippen LogP contribution >= 0.6 is 0 Å². The van der Waals surface area contributed by atoms with Gasteiger partial charge in [-0.1, -0.05) is 12.2 Å². The van der Waals surface area contributed by atoms with Gasteiger partial charge in [-0.2, -0.15) is 0 Å². The van der Waals surface area contributed by atoms with Crippen LogP contribution in [0.3, 0.4) is 0 Å². The summed E-state index contributed by atoms with van der Waals surface area (Å²) in [6.07, 6.45) is 3.60. The van der Waals surface area contributed by atoms with E-state index in [0.717, 1.165) is 0 Å². The fourth-order valence-corrected chi connectivity index (χ4v) is 2.09. The molecule has 0 heterocycles. The molecule has 92 valence electrons. The lowest BCUT2D eigenvalue weighted by atomic mass is 9.81. The van der Waals surface area contributed by atoms with Crippen LogP contribution in [0.2, 0.25) is 0 Å². The van der Waals surface area contributed by atoms with E-state index in [1.807, 2.05) is 6.08 Å². The molecule has 2 rings (SSSR count). The second kappa shape index (κ2) is 3.79. The van der Waals surface area contributed by atoms with Crippen LogP contribution in [0.1, 0.15) is 20.8 Å². The molecule has 0 spiro atoms. The van der Waals surface area contributed by atoms with Gasteiger partial charge >= 0.3 is 5.97 Å². The van der Waals surface area contributed by atoms with Gasteiger partial charge in [0.15, 0.2) is 0 Å². The molecule has 0 aromatic heterocycles. The summed E-state index contributed by atoms with van der Waals surface area (Å²) in [7, 11) is 0. The van der Waals surface area contributed by atoms with Gasteiger partial charge in [0.25, 0.3) is 0 Å². The number of hydrogen-bond acceptors (Lipinski definition) is 4. The van der Waals surface area contributed by atoms with Crippen LogP contribution < -0.4 is 0 Å². The first-order valence-corrected chi connectivity index (χ1v) is 5.76. The highest BCUT2D eigenvalue weighted by atomic mass is 16.5. The van der Waals surface area contributed by atoms with E-state index in [0.29, 0.717) is 0 Å². The van der Waals surface area contributed by atoms with Crippen LogP contribution in [0.5, 0.6) is 0 Å². The van der Waals surface area contributed by atoms with E-state index in [4.69, 9.17) is 4.74 Å². The first-order chi connectivity index (χ1) is 7.82. The number of hydrogen-bond donors (Lipinski definition) is 0. The fraction of sp³-hybridized carbons (Fsp3) is 0.615. The molecule has 0 saturated heterocycles. The summed E-state index contributed by atoms with van der Waals surface area (Å²) in [4.78, 5) is 34.7. The third-order valence-corrected chi connectivity index (χ3v) is 3.31. The van der Waals surface area contributed by atoms with Crippen LogP contribution in [-0.2, 0) is 19.1 Å². The van der Waals surface area contributed by atoms with Crippen molar-refractivity contribution in [3.05, 3.63) is 12.2 Å². The molecule has 0 aromatic rings. The van der Waals surface area contributed by atoms with Crippen molar-refractivity contribution in [1.29, 1.82) is 0 Å². The summed E-state index contributed by atoms with van der Waals surface area (Å²) >= 11 is 0. The molecule has 1 saturated carbocycles. The molecular formula is C13H16O4. The van der Waals surface area contributed by atoms with Crippen LogP contribution in [0, 0.1) is 23.2 Å². The van der Waals surface area contributed by atoms with Gasteiger partial charge in [0.2, 0.25) is 11.6 Å². The maximum absolute atomic E-state index is 11.6. The molecule has 4 heteroatoms. The van der Waals surface area contributed by atoms with Crippen molar-refractivity contribution in [3.8, 4) is 0 Å². The third kappa shape index (κ3) is 1.92. The smallest absolute Gasteiger partial charge is 0.311 e. The molecule has 0 radical (unpaired) electrons. The number of allylic oxidation sites excluding steroid dienone is 2. The largest absolute Gasteiger partial charge is 0.464 e. The molecular weight excluding hydrogens is 220 g/mol. The van der Waals surface area contributed by atoms with Gasteiger partial charge in [0.1, 0.15) is 6.61 Å². The average molecular weight is 236 g/mol. The summed E-state index contributed by atoms with van der Waals surface area (Å²) in [5.74, 6) is -1.86. The van der Waals surface area contributed by atoms with Crippen molar-refractivity contribution >= 4 is 17.5 Å². The maximum Gasteiger partial charge on any atom is 0.311 e.